The topological polar surface area (TPSA) is 150 Å². The van der Waals surface area contributed by atoms with E-state index in [0.717, 1.165) is 17.7 Å². The van der Waals surface area contributed by atoms with Gasteiger partial charge in [-0.2, -0.15) is 0 Å². The van der Waals surface area contributed by atoms with Crippen LogP contribution >= 0.6 is 0 Å². The molecule has 5 rings (SSSR count). The lowest BCUT2D eigenvalue weighted by molar-refractivity contribution is -0.175. The van der Waals surface area contributed by atoms with Crippen LogP contribution in [0.2, 0.25) is 0 Å². The van der Waals surface area contributed by atoms with E-state index in [1.807, 2.05) is 19.2 Å². The third-order valence-electron chi connectivity index (χ3n) is 8.76. The number of carbonyl (C=O) groups excluding carboxylic acids is 4. The molecule has 2 aliphatic carbocycles. The number of amides is 1. The predicted octanol–water partition coefficient (Wildman–Crippen LogP) is 0.906. The normalized spacial score (nSPS) is 28.7. The first-order valence-corrected chi connectivity index (χ1v) is 13.8. The maximum absolute atomic E-state index is 13.1. The Morgan fingerprint density at radius 3 is 2.66 bits per heavy atom. The Hall–Kier alpha value is -3.64. The molecule has 0 unspecified atom stereocenters. The fourth-order valence-electron chi connectivity index (χ4n) is 6.83. The predicted molar refractivity (Wildman–Crippen MR) is 142 cm³/mol. The molecule has 0 saturated carbocycles. The summed E-state index contributed by atoms with van der Waals surface area (Å²) in [6, 6.07) is 3.74. The largest absolute Gasteiger partial charge is 0.493 e. The summed E-state index contributed by atoms with van der Waals surface area (Å²) in [4.78, 5) is 50.5. The average molecular weight is 573 g/mol. The molecule has 6 atom stereocenters. The SMILES string of the molecule is COc1ccc2c3c1O[C@@H]1C(OC(=O)[C@H](C)OC(=O)CCNC(=O)[C@H](C)OC(C)=O)=CC[C@]4(O)[C@H](C2)N(C)CC[C@@]314. The molecule has 0 aromatic heterocycles. The first-order valence-electron chi connectivity index (χ1n) is 13.8. The van der Waals surface area contributed by atoms with E-state index >= 15 is 0 Å². The minimum absolute atomic E-state index is 0.0642. The van der Waals surface area contributed by atoms with Gasteiger partial charge in [-0.1, -0.05) is 6.07 Å². The van der Waals surface area contributed by atoms with E-state index in [1.54, 1.807) is 13.2 Å². The summed E-state index contributed by atoms with van der Waals surface area (Å²) in [5.74, 6) is -1.28. The van der Waals surface area contributed by atoms with E-state index in [4.69, 9.17) is 23.7 Å². The number of piperidine rings is 1. The number of aliphatic hydroxyl groups is 1. The lowest BCUT2D eigenvalue weighted by atomic mass is 9.50. The van der Waals surface area contributed by atoms with Gasteiger partial charge in [0.15, 0.2) is 29.8 Å². The molecular formula is C29H36N2O10. The number of hydrogen-bond acceptors (Lipinski definition) is 11. The number of esters is 3. The van der Waals surface area contributed by atoms with E-state index in [9.17, 15) is 24.3 Å². The van der Waals surface area contributed by atoms with Crippen molar-refractivity contribution in [3.8, 4) is 11.5 Å². The Kier molecular flexibility index (Phi) is 7.49. The number of methoxy groups -OCH3 is 1. The first-order chi connectivity index (χ1) is 19.4. The van der Waals surface area contributed by atoms with Gasteiger partial charge in [-0.25, -0.2) is 4.79 Å². The minimum Gasteiger partial charge on any atom is -0.493 e. The van der Waals surface area contributed by atoms with Crippen LogP contribution in [0.15, 0.2) is 24.0 Å². The van der Waals surface area contributed by atoms with Gasteiger partial charge in [-0.05, 0) is 58.0 Å². The van der Waals surface area contributed by atoms with E-state index in [-0.39, 0.29) is 31.2 Å². The van der Waals surface area contributed by atoms with Crippen LogP contribution in [0.5, 0.6) is 11.5 Å². The summed E-state index contributed by atoms with van der Waals surface area (Å²) < 4.78 is 27.9. The molecule has 1 aromatic rings. The van der Waals surface area contributed by atoms with Gasteiger partial charge in [-0.15, -0.1) is 0 Å². The quantitative estimate of drug-likeness (QED) is 0.321. The summed E-state index contributed by atoms with van der Waals surface area (Å²) in [6.45, 7) is 4.67. The van der Waals surface area contributed by atoms with Crippen molar-refractivity contribution in [3.05, 3.63) is 35.1 Å². The Morgan fingerprint density at radius 2 is 1.95 bits per heavy atom. The Labute approximate surface area is 237 Å². The van der Waals surface area contributed by atoms with E-state index in [2.05, 4.69) is 10.2 Å². The molecule has 1 saturated heterocycles. The average Bonchev–Trinajstić information content (AvgIpc) is 3.27. The van der Waals surface area contributed by atoms with Gasteiger partial charge in [0, 0.05) is 31.5 Å². The van der Waals surface area contributed by atoms with Gasteiger partial charge in [-0.3, -0.25) is 14.4 Å². The zero-order valence-electron chi connectivity index (χ0n) is 23.9. The standard InChI is InChI=1S/C29H36N2O10/c1-15(38-17(3)32)26(34)30-12-9-22(33)39-16(2)27(35)40-20-8-10-29(36)21-14-18-6-7-19(37-5)24-23(18)28(29,25(20)41-24)11-13-31(21)4/h6-8,15-16,21,25,36H,9-14H2,1-5H3,(H,30,34)/t15-,16-,21-,25+,28+,29-/m0/s1. The van der Waals surface area contributed by atoms with Crippen molar-refractivity contribution in [2.24, 2.45) is 0 Å². The van der Waals surface area contributed by atoms with Crippen LogP contribution in [0.4, 0.5) is 0 Å². The van der Waals surface area contributed by atoms with Gasteiger partial charge in [0.05, 0.1) is 24.5 Å². The Bertz CT molecular complexity index is 1310. The van der Waals surface area contributed by atoms with E-state index < -0.39 is 53.1 Å². The number of carbonyl (C=O) groups is 4. The van der Waals surface area contributed by atoms with E-state index in [1.165, 1.54) is 20.8 Å². The summed E-state index contributed by atoms with van der Waals surface area (Å²) >= 11 is 0. The second-order valence-electron chi connectivity index (χ2n) is 11.1. The fourth-order valence-corrected chi connectivity index (χ4v) is 6.83. The molecule has 2 N–H and O–H groups in total. The van der Waals surface area contributed by atoms with Crippen molar-refractivity contribution in [2.45, 2.75) is 81.8 Å². The lowest BCUT2D eigenvalue weighted by Crippen LogP contribution is -2.74. The van der Waals surface area contributed by atoms with Crippen molar-refractivity contribution in [3.63, 3.8) is 0 Å². The smallest absolute Gasteiger partial charge is 0.352 e. The van der Waals surface area contributed by atoms with Gasteiger partial charge in [0.25, 0.3) is 5.91 Å². The maximum atomic E-state index is 13.1. The van der Waals surface area contributed by atoms with Crippen molar-refractivity contribution in [1.82, 2.24) is 10.2 Å². The first kappa shape index (κ1) is 28.9. The lowest BCUT2D eigenvalue weighted by Gasteiger charge is -2.61. The molecule has 2 heterocycles. The van der Waals surface area contributed by atoms with Crippen LogP contribution < -0.4 is 14.8 Å². The Balaban J connectivity index is 1.27. The number of likely N-dealkylation sites (tertiary alicyclic amines) is 1. The maximum Gasteiger partial charge on any atom is 0.352 e. The third kappa shape index (κ3) is 4.62. The molecule has 1 aromatic carbocycles. The number of hydrogen-bond donors (Lipinski definition) is 2. The molecule has 0 radical (unpaired) electrons. The fraction of sp³-hybridized carbons (Fsp3) is 0.586. The molecule has 4 aliphatic rings. The number of ether oxygens (including phenoxy) is 5. The molecule has 1 spiro atoms. The number of nitrogens with one attached hydrogen (secondary N) is 1. The Morgan fingerprint density at radius 1 is 1.20 bits per heavy atom. The van der Waals surface area contributed by atoms with Gasteiger partial charge < -0.3 is 39.0 Å². The minimum atomic E-state index is -1.23. The van der Waals surface area contributed by atoms with Gasteiger partial charge in [0.1, 0.15) is 5.76 Å². The highest BCUT2D eigenvalue weighted by molar-refractivity contribution is 5.84. The molecule has 1 fully saturated rings. The summed E-state index contributed by atoms with van der Waals surface area (Å²) in [7, 11) is 3.57. The number of benzene rings is 1. The van der Waals surface area contributed by atoms with Crippen LogP contribution in [-0.2, 0) is 45.2 Å². The molecular weight excluding hydrogens is 536 g/mol. The van der Waals surface area contributed by atoms with Gasteiger partial charge >= 0.3 is 17.9 Å². The molecule has 1 amide bonds. The van der Waals surface area contributed by atoms with Crippen LogP contribution in [0.3, 0.4) is 0 Å². The zero-order chi connectivity index (χ0) is 29.7. The number of nitrogens with zero attached hydrogens (tertiary/aromatic N) is 1. The second-order valence-corrected chi connectivity index (χ2v) is 11.1. The molecule has 2 bridgehead atoms. The number of likely N-dealkylation sites (N-methyl/N-ethyl adjacent to an activating group) is 1. The molecule has 12 nitrogen and oxygen atoms in total. The van der Waals surface area contributed by atoms with Crippen molar-refractivity contribution in [2.75, 3.05) is 27.2 Å². The van der Waals surface area contributed by atoms with Gasteiger partial charge in [0.2, 0.25) is 0 Å². The molecule has 41 heavy (non-hydrogen) atoms. The van der Waals surface area contributed by atoms with E-state index in [0.29, 0.717) is 24.3 Å². The monoisotopic (exact) mass is 572 g/mol. The van der Waals surface area contributed by atoms with Crippen molar-refractivity contribution in [1.29, 1.82) is 0 Å². The highest BCUT2D eigenvalue weighted by Crippen LogP contribution is 2.65. The third-order valence-corrected chi connectivity index (χ3v) is 8.76. The summed E-state index contributed by atoms with van der Waals surface area (Å²) in [6.07, 6.45) is 0.0266. The van der Waals surface area contributed by atoms with Crippen LogP contribution in [-0.4, -0.2) is 91.0 Å². The number of rotatable bonds is 9. The summed E-state index contributed by atoms with van der Waals surface area (Å²) in [5.41, 5.74) is 0.0298. The van der Waals surface area contributed by atoms with Crippen molar-refractivity contribution >= 4 is 23.8 Å². The summed E-state index contributed by atoms with van der Waals surface area (Å²) in [5, 5.41) is 14.7. The van der Waals surface area contributed by atoms with Crippen molar-refractivity contribution < 1.29 is 48.0 Å². The highest BCUT2D eigenvalue weighted by atomic mass is 16.6. The highest BCUT2D eigenvalue weighted by Gasteiger charge is 2.72. The molecule has 12 heteroatoms. The molecule has 222 valence electrons. The second kappa shape index (κ2) is 10.6. The zero-order valence-corrected chi connectivity index (χ0v) is 23.9. The van der Waals surface area contributed by atoms with Crippen LogP contribution in [0.1, 0.15) is 51.2 Å². The van der Waals surface area contributed by atoms with Crippen LogP contribution in [0.25, 0.3) is 0 Å². The molecule has 2 aliphatic heterocycles. The van der Waals surface area contributed by atoms with Crippen LogP contribution in [0, 0.1) is 0 Å².